The average Bonchev–Trinajstić information content (AvgIpc) is 2.84. The van der Waals surface area contributed by atoms with E-state index in [1.165, 1.54) is 6.42 Å². The van der Waals surface area contributed by atoms with Crippen molar-refractivity contribution in [3.8, 4) is 0 Å². The molecular weight excluding hydrogens is 264 g/mol. The summed E-state index contributed by atoms with van der Waals surface area (Å²) in [5, 5.41) is 0. The Bertz CT molecular complexity index is 511. The van der Waals surface area contributed by atoms with Crippen LogP contribution in [0.4, 0.5) is 5.95 Å². The lowest BCUT2D eigenvalue weighted by Gasteiger charge is -2.34. The maximum atomic E-state index is 11.8. The lowest BCUT2D eigenvalue weighted by Crippen LogP contribution is -2.42. The van der Waals surface area contributed by atoms with E-state index >= 15 is 0 Å². The van der Waals surface area contributed by atoms with Crippen molar-refractivity contribution in [2.24, 2.45) is 5.92 Å². The number of rotatable bonds is 3. The van der Waals surface area contributed by atoms with Gasteiger partial charge in [0.25, 0.3) is 0 Å². The maximum absolute atomic E-state index is 11.8. The lowest BCUT2D eigenvalue weighted by atomic mass is 9.97. The highest BCUT2D eigenvalue weighted by Gasteiger charge is 2.27. The molecule has 2 saturated heterocycles. The monoisotopic (exact) mass is 288 g/mol. The lowest BCUT2D eigenvalue weighted by molar-refractivity contribution is -0.128. The highest BCUT2D eigenvalue weighted by Crippen LogP contribution is 2.23. The van der Waals surface area contributed by atoms with E-state index in [9.17, 15) is 4.79 Å². The molecule has 1 aromatic heterocycles. The van der Waals surface area contributed by atoms with Gasteiger partial charge in [0, 0.05) is 44.0 Å². The largest absolute Gasteiger partial charge is 0.342 e. The second-order valence-electron chi connectivity index (χ2n) is 6.35. The zero-order chi connectivity index (χ0) is 14.8. The van der Waals surface area contributed by atoms with Crippen molar-refractivity contribution in [2.45, 2.75) is 39.5 Å². The van der Waals surface area contributed by atoms with Crippen molar-refractivity contribution in [3.63, 3.8) is 0 Å². The third-order valence-electron chi connectivity index (χ3n) is 4.42. The molecule has 3 rings (SSSR count). The van der Waals surface area contributed by atoms with Gasteiger partial charge in [-0.3, -0.25) is 4.79 Å². The Morgan fingerprint density at radius 1 is 1.19 bits per heavy atom. The second kappa shape index (κ2) is 6.00. The van der Waals surface area contributed by atoms with E-state index in [1.54, 1.807) is 0 Å². The van der Waals surface area contributed by atoms with Gasteiger partial charge in [-0.2, -0.15) is 0 Å². The number of carbonyl (C=O) groups excluding carboxylic acids is 1. The van der Waals surface area contributed by atoms with E-state index in [1.807, 2.05) is 24.8 Å². The summed E-state index contributed by atoms with van der Waals surface area (Å²) in [7, 11) is 0. The minimum Gasteiger partial charge on any atom is -0.342 e. The molecule has 0 aliphatic carbocycles. The molecular formula is C16H24N4O. The summed E-state index contributed by atoms with van der Waals surface area (Å²) in [4.78, 5) is 25.2. The van der Waals surface area contributed by atoms with Gasteiger partial charge in [-0.25, -0.2) is 9.97 Å². The molecule has 114 valence electrons. The predicted octanol–water partition coefficient (Wildman–Crippen LogP) is 1.93. The number of hydrogen-bond donors (Lipinski definition) is 0. The zero-order valence-electron chi connectivity index (χ0n) is 13.0. The molecule has 0 aromatic carbocycles. The number of piperidine rings is 1. The van der Waals surface area contributed by atoms with Crippen molar-refractivity contribution in [3.05, 3.63) is 17.5 Å². The molecule has 0 bridgehead atoms. The summed E-state index contributed by atoms with van der Waals surface area (Å²) in [6, 6.07) is 2.01. The van der Waals surface area contributed by atoms with Gasteiger partial charge in [0.15, 0.2) is 0 Å². The number of aromatic nitrogens is 2. The fourth-order valence-corrected chi connectivity index (χ4v) is 3.45. The molecule has 0 unspecified atom stereocenters. The topological polar surface area (TPSA) is 49.3 Å². The van der Waals surface area contributed by atoms with Gasteiger partial charge in [-0.05, 0) is 45.1 Å². The first-order chi connectivity index (χ1) is 10.1. The minimum atomic E-state index is 0.328. The molecule has 1 amide bonds. The predicted molar refractivity (Wildman–Crippen MR) is 82.3 cm³/mol. The molecule has 21 heavy (non-hydrogen) atoms. The highest BCUT2D eigenvalue weighted by molar-refractivity contribution is 5.78. The van der Waals surface area contributed by atoms with E-state index in [2.05, 4.69) is 14.9 Å². The fraction of sp³-hybridized carbons (Fsp3) is 0.688. The van der Waals surface area contributed by atoms with Crippen LogP contribution in [-0.2, 0) is 4.79 Å². The third-order valence-corrected chi connectivity index (χ3v) is 4.42. The summed E-state index contributed by atoms with van der Waals surface area (Å²) in [5.74, 6) is 1.73. The Morgan fingerprint density at radius 2 is 1.95 bits per heavy atom. The van der Waals surface area contributed by atoms with Crippen LogP contribution in [0.1, 0.15) is 37.1 Å². The second-order valence-corrected chi connectivity index (χ2v) is 6.35. The van der Waals surface area contributed by atoms with Crippen LogP contribution in [0.15, 0.2) is 6.07 Å². The van der Waals surface area contributed by atoms with Crippen LogP contribution >= 0.6 is 0 Å². The van der Waals surface area contributed by atoms with E-state index in [-0.39, 0.29) is 0 Å². The first-order valence-electron chi connectivity index (χ1n) is 7.97. The molecule has 5 nitrogen and oxygen atoms in total. The van der Waals surface area contributed by atoms with Gasteiger partial charge in [-0.1, -0.05) is 0 Å². The highest BCUT2D eigenvalue weighted by atomic mass is 16.2. The van der Waals surface area contributed by atoms with Crippen LogP contribution < -0.4 is 4.90 Å². The number of likely N-dealkylation sites (tertiary alicyclic amines) is 1. The van der Waals surface area contributed by atoms with Gasteiger partial charge in [0.2, 0.25) is 11.9 Å². The molecule has 2 fully saturated rings. The molecule has 1 aromatic rings. The summed E-state index contributed by atoms with van der Waals surface area (Å²) in [5.41, 5.74) is 2.05. The van der Waals surface area contributed by atoms with Crippen LogP contribution in [0, 0.1) is 19.8 Å². The summed E-state index contributed by atoms with van der Waals surface area (Å²) in [6.07, 6.45) is 4.11. The number of carbonyl (C=O) groups is 1. The Hall–Kier alpha value is -1.65. The van der Waals surface area contributed by atoms with Crippen LogP contribution in [0.2, 0.25) is 0 Å². The first kappa shape index (κ1) is 14.3. The van der Waals surface area contributed by atoms with Crippen molar-refractivity contribution in [1.82, 2.24) is 14.9 Å². The van der Waals surface area contributed by atoms with Gasteiger partial charge in [0.1, 0.15) is 0 Å². The summed E-state index contributed by atoms with van der Waals surface area (Å²) < 4.78 is 0. The van der Waals surface area contributed by atoms with E-state index < -0.39 is 0 Å². The molecule has 2 aliphatic heterocycles. The summed E-state index contributed by atoms with van der Waals surface area (Å²) >= 11 is 0. The van der Waals surface area contributed by atoms with Crippen molar-refractivity contribution in [2.75, 3.05) is 31.1 Å². The minimum absolute atomic E-state index is 0.328. The quantitative estimate of drug-likeness (QED) is 0.853. The molecule has 1 atom stereocenters. The van der Waals surface area contributed by atoms with Gasteiger partial charge in [0.05, 0.1) is 0 Å². The van der Waals surface area contributed by atoms with Gasteiger partial charge in [-0.15, -0.1) is 0 Å². The Morgan fingerprint density at radius 3 is 2.62 bits per heavy atom. The smallest absolute Gasteiger partial charge is 0.225 e. The van der Waals surface area contributed by atoms with E-state index in [0.717, 1.165) is 62.8 Å². The number of hydrogen-bond acceptors (Lipinski definition) is 4. The van der Waals surface area contributed by atoms with Gasteiger partial charge < -0.3 is 9.80 Å². The van der Waals surface area contributed by atoms with Crippen molar-refractivity contribution < 1.29 is 4.79 Å². The number of amides is 1. The molecule has 0 spiro atoms. The third kappa shape index (κ3) is 3.34. The standard InChI is InChI=1S/C16H24N4O/c1-12-9-13(2)18-16(17-12)20-8-3-5-14(11-20)10-19-7-4-6-15(19)21/h9,14H,3-8,10-11H2,1-2H3/t14-/m1/s1. The fourth-order valence-electron chi connectivity index (χ4n) is 3.45. The molecule has 0 N–H and O–H groups in total. The SMILES string of the molecule is Cc1cc(C)nc(N2CCC[C@H](CN3CCCC3=O)C2)n1. The van der Waals surface area contributed by atoms with Crippen LogP contribution in [0.25, 0.3) is 0 Å². The summed E-state index contributed by atoms with van der Waals surface area (Å²) in [6.45, 7) is 7.86. The zero-order valence-corrected chi connectivity index (χ0v) is 13.0. The average molecular weight is 288 g/mol. The Kier molecular flexibility index (Phi) is 4.08. The molecule has 3 heterocycles. The molecule has 0 saturated carbocycles. The molecule has 5 heteroatoms. The number of aryl methyl sites for hydroxylation is 2. The number of nitrogens with zero attached hydrogens (tertiary/aromatic N) is 4. The van der Waals surface area contributed by atoms with E-state index in [4.69, 9.17) is 0 Å². The van der Waals surface area contributed by atoms with Gasteiger partial charge >= 0.3 is 0 Å². The number of anilines is 1. The van der Waals surface area contributed by atoms with Crippen LogP contribution in [-0.4, -0.2) is 47.0 Å². The van der Waals surface area contributed by atoms with Crippen molar-refractivity contribution in [1.29, 1.82) is 0 Å². The molecule has 2 aliphatic rings. The molecule has 0 radical (unpaired) electrons. The Labute approximate surface area is 126 Å². The maximum Gasteiger partial charge on any atom is 0.225 e. The Balaban J connectivity index is 1.66. The van der Waals surface area contributed by atoms with Crippen LogP contribution in [0.5, 0.6) is 0 Å². The van der Waals surface area contributed by atoms with Crippen LogP contribution in [0.3, 0.4) is 0 Å². The van der Waals surface area contributed by atoms with Crippen molar-refractivity contribution >= 4 is 11.9 Å². The first-order valence-corrected chi connectivity index (χ1v) is 7.97. The normalized spacial score (nSPS) is 23.0. The van der Waals surface area contributed by atoms with E-state index in [0.29, 0.717) is 11.8 Å².